The number of aromatic nitrogens is 1. The fraction of sp³-hybridized carbons (Fsp3) is 0.500. The third kappa shape index (κ3) is 4.54. The molecule has 0 N–H and O–H groups in total. The summed E-state index contributed by atoms with van der Waals surface area (Å²) < 4.78 is 6.03. The molecule has 34 heavy (non-hydrogen) atoms. The minimum Gasteiger partial charge on any atom is -0.486 e. The van der Waals surface area contributed by atoms with Crippen LogP contribution in [0.1, 0.15) is 26.2 Å². The lowest BCUT2D eigenvalue weighted by Gasteiger charge is -2.41. The van der Waals surface area contributed by atoms with Crippen molar-refractivity contribution in [3.05, 3.63) is 48.7 Å². The van der Waals surface area contributed by atoms with E-state index in [-0.39, 0.29) is 24.0 Å². The normalized spacial score (nSPS) is 21.1. The Labute approximate surface area is 201 Å². The van der Waals surface area contributed by atoms with Gasteiger partial charge in [0, 0.05) is 51.4 Å². The van der Waals surface area contributed by atoms with Gasteiger partial charge in [0.15, 0.2) is 0 Å². The number of fused-ring (bicyclic) bond motifs is 1. The second kappa shape index (κ2) is 9.91. The number of anilines is 2. The van der Waals surface area contributed by atoms with Crippen molar-refractivity contribution >= 4 is 23.4 Å². The molecule has 0 radical (unpaired) electrons. The number of amides is 3. The fourth-order valence-electron chi connectivity index (χ4n) is 5.14. The summed E-state index contributed by atoms with van der Waals surface area (Å²) >= 11 is 0. The molecule has 3 amide bonds. The largest absolute Gasteiger partial charge is 0.486 e. The second-order valence-corrected chi connectivity index (χ2v) is 9.27. The molecule has 0 unspecified atom stereocenters. The number of ether oxygens (including phenoxy) is 1. The summed E-state index contributed by atoms with van der Waals surface area (Å²) in [6.45, 7) is 6.90. The Morgan fingerprint density at radius 3 is 2.38 bits per heavy atom. The number of urea groups is 1. The first kappa shape index (κ1) is 22.5. The number of para-hydroxylation sites is 2. The van der Waals surface area contributed by atoms with Gasteiger partial charge < -0.3 is 19.4 Å². The fourth-order valence-corrected chi connectivity index (χ4v) is 5.14. The number of carbonyl (C=O) groups excluding carboxylic acids is 2. The van der Waals surface area contributed by atoms with Crippen molar-refractivity contribution < 1.29 is 14.3 Å². The van der Waals surface area contributed by atoms with Gasteiger partial charge in [0.25, 0.3) is 0 Å². The minimum atomic E-state index is -0.00850. The Balaban J connectivity index is 1.15. The molecule has 4 heterocycles. The van der Waals surface area contributed by atoms with Crippen LogP contribution in [0.2, 0.25) is 0 Å². The Bertz CT molecular complexity index is 1000. The maximum absolute atomic E-state index is 13.4. The molecule has 2 aromatic rings. The predicted molar refractivity (Wildman–Crippen MR) is 131 cm³/mol. The molecule has 1 atom stereocenters. The van der Waals surface area contributed by atoms with E-state index >= 15 is 0 Å². The first-order valence-electron chi connectivity index (χ1n) is 12.4. The number of likely N-dealkylation sites (tertiary alicyclic amines) is 1. The van der Waals surface area contributed by atoms with Crippen molar-refractivity contribution in [3.8, 4) is 5.75 Å². The van der Waals surface area contributed by atoms with Gasteiger partial charge >= 0.3 is 6.03 Å². The summed E-state index contributed by atoms with van der Waals surface area (Å²) in [5.41, 5.74) is 0.834. The molecule has 0 saturated carbocycles. The lowest BCUT2D eigenvalue weighted by Crippen LogP contribution is -2.54. The number of piperazine rings is 1. The van der Waals surface area contributed by atoms with Crippen LogP contribution in [-0.2, 0) is 4.79 Å². The van der Waals surface area contributed by atoms with Crippen LogP contribution in [0.15, 0.2) is 48.7 Å². The van der Waals surface area contributed by atoms with Crippen molar-refractivity contribution in [2.75, 3.05) is 55.6 Å². The monoisotopic (exact) mass is 463 g/mol. The Hall–Kier alpha value is -3.29. The van der Waals surface area contributed by atoms with Crippen LogP contribution in [0.5, 0.6) is 5.75 Å². The van der Waals surface area contributed by atoms with E-state index in [0.29, 0.717) is 32.5 Å². The van der Waals surface area contributed by atoms with E-state index in [0.717, 1.165) is 49.9 Å². The van der Waals surface area contributed by atoms with Gasteiger partial charge in [-0.1, -0.05) is 25.1 Å². The molecule has 8 nitrogen and oxygen atoms in total. The smallest absolute Gasteiger partial charge is 0.324 e. The highest BCUT2D eigenvalue weighted by atomic mass is 16.5. The van der Waals surface area contributed by atoms with Crippen LogP contribution >= 0.6 is 0 Å². The van der Waals surface area contributed by atoms with Gasteiger partial charge in [-0.2, -0.15) is 0 Å². The van der Waals surface area contributed by atoms with E-state index in [1.807, 2.05) is 57.2 Å². The van der Waals surface area contributed by atoms with E-state index in [9.17, 15) is 9.59 Å². The lowest BCUT2D eigenvalue weighted by molar-refractivity contribution is -0.137. The molecule has 0 bridgehead atoms. The molecule has 2 fully saturated rings. The van der Waals surface area contributed by atoms with E-state index in [2.05, 4.69) is 16.8 Å². The van der Waals surface area contributed by atoms with Crippen LogP contribution in [0.4, 0.5) is 16.3 Å². The first-order chi connectivity index (χ1) is 16.6. The zero-order valence-electron chi connectivity index (χ0n) is 19.8. The number of rotatable bonds is 3. The van der Waals surface area contributed by atoms with Crippen molar-refractivity contribution in [3.63, 3.8) is 0 Å². The molecular weight excluding hydrogens is 430 g/mol. The summed E-state index contributed by atoms with van der Waals surface area (Å²) in [5.74, 6) is 1.96. The summed E-state index contributed by atoms with van der Waals surface area (Å²) in [5, 5.41) is 0. The highest BCUT2D eigenvalue weighted by Gasteiger charge is 2.36. The van der Waals surface area contributed by atoms with Gasteiger partial charge in [0.1, 0.15) is 17.7 Å². The molecule has 1 aromatic carbocycles. The molecule has 8 heteroatoms. The van der Waals surface area contributed by atoms with Crippen molar-refractivity contribution in [2.45, 2.75) is 32.3 Å². The quantitative estimate of drug-likeness (QED) is 0.699. The summed E-state index contributed by atoms with van der Waals surface area (Å²) in [6.07, 6.45) is 4.09. The van der Waals surface area contributed by atoms with Crippen LogP contribution in [0.3, 0.4) is 0 Å². The Morgan fingerprint density at radius 1 is 0.941 bits per heavy atom. The Morgan fingerprint density at radius 2 is 1.68 bits per heavy atom. The molecule has 3 aliphatic heterocycles. The van der Waals surface area contributed by atoms with E-state index in [1.165, 1.54) is 0 Å². The van der Waals surface area contributed by atoms with Gasteiger partial charge in [-0.25, -0.2) is 9.78 Å². The third-order valence-electron chi connectivity index (χ3n) is 7.20. The number of hydrogen-bond donors (Lipinski definition) is 0. The lowest BCUT2D eigenvalue weighted by atomic mass is 9.95. The number of carbonyl (C=O) groups is 2. The maximum atomic E-state index is 13.4. The molecule has 0 spiro atoms. The topological polar surface area (TPSA) is 69.2 Å². The van der Waals surface area contributed by atoms with Crippen LogP contribution in [-0.4, -0.2) is 78.6 Å². The van der Waals surface area contributed by atoms with Crippen LogP contribution in [0.25, 0.3) is 0 Å². The van der Waals surface area contributed by atoms with Crippen LogP contribution < -0.4 is 14.5 Å². The number of hydrogen-bond acceptors (Lipinski definition) is 5. The number of pyridine rings is 1. The van der Waals surface area contributed by atoms with Gasteiger partial charge in [-0.05, 0) is 43.5 Å². The molecular formula is C26H33N5O3. The first-order valence-corrected chi connectivity index (χ1v) is 12.4. The van der Waals surface area contributed by atoms with Gasteiger partial charge in [0.05, 0.1) is 12.2 Å². The third-order valence-corrected chi connectivity index (χ3v) is 7.20. The highest BCUT2D eigenvalue weighted by molar-refractivity contribution is 5.94. The molecule has 180 valence electrons. The minimum absolute atomic E-state index is 0.00252. The zero-order valence-corrected chi connectivity index (χ0v) is 19.8. The zero-order chi connectivity index (χ0) is 23.5. The molecule has 1 aromatic heterocycles. The molecule has 3 aliphatic rings. The number of piperidine rings is 1. The van der Waals surface area contributed by atoms with Gasteiger partial charge in [-0.15, -0.1) is 0 Å². The predicted octanol–water partition coefficient (Wildman–Crippen LogP) is 3.24. The summed E-state index contributed by atoms with van der Waals surface area (Å²) in [6, 6.07) is 13.7. The molecule has 5 rings (SSSR count). The number of nitrogens with zero attached hydrogens (tertiary/aromatic N) is 5. The van der Waals surface area contributed by atoms with Gasteiger partial charge in [0.2, 0.25) is 5.91 Å². The standard InChI is InChI=1S/C26H33N5O3/c1-2-21-19-31(22-7-3-4-8-23(22)34-21)26(33)30-13-10-20(11-14-30)25(32)29-17-15-28(16-18-29)24-9-5-6-12-27-24/h3-9,12,20-21H,2,10-11,13-19H2,1H3/t21-/m1/s1. The van der Waals surface area contributed by atoms with E-state index < -0.39 is 0 Å². The van der Waals surface area contributed by atoms with Crippen LogP contribution in [0, 0.1) is 5.92 Å². The summed E-state index contributed by atoms with van der Waals surface area (Å²) in [4.78, 5) is 39.0. The SMILES string of the molecule is CC[C@@H]1CN(C(=O)N2CCC(C(=O)N3CCN(c4ccccn4)CC3)CC2)c2ccccc2O1. The number of benzene rings is 1. The van der Waals surface area contributed by atoms with Crippen molar-refractivity contribution in [1.82, 2.24) is 14.8 Å². The molecule has 2 saturated heterocycles. The average Bonchev–Trinajstić information content (AvgIpc) is 2.92. The average molecular weight is 464 g/mol. The Kier molecular flexibility index (Phi) is 6.56. The van der Waals surface area contributed by atoms with E-state index in [1.54, 1.807) is 6.20 Å². The van der Waals surface area contributed by atoms with Crippen molar-refractivity contribution in [1.29, 1.82) is 0 Å². The highest BCUT2D eigenvalue weighted by Crippen LogP contribution is 2.35. The molecule has 0 aliphatic carbocycles. The summed E-state index contributed by atoms with van der Waals surface area (Å²) in [7, 11) is 0. The maximum Gasteiger partial charge on any atom is 0.324 e. The van der Waals surface area contributed by atoms with Crippen molar-refractivity contribution in [2.24, 2.45) is 5.92 Å². The van der Waals surface area contributed by atoms with E-state index in [4.69, 9.17) is 4.74 Å². The van der Waals surface area contributed by atoms with Gasteiger partial charge in [-0.3, -0.25) is 9.69 Å². The second-order valence-electron chi connectivity index (χ2n) is 9.27.